The van der Waals surface area contributed by atoms with Crippen LogP contribution >= 0.6 is 0 Å². The van der Waals surface area contributed by atoms with Gasteiger partial charge in [-0.1, -0.05) is 6.07 Å². The van der Waals surface area contributed by atoms with Gasteiger partial charge in [-0.15, -0.1) is 0 Å². The van der Waals surface area contributed by atoms with E-state index in [4.69, 9.17) is 9.84 Å². The molecule has 7 nitrogen and oxygen atoms in total. The van der Waals surface area contributed by atoms with Crippen molar-refractivity contribution in [1.82, 2.24) is 10.2 Å². The third-order valence-electron chi connectivity index (χ3n) is 3.43. The molecule has 0 bridgehead atoms. The van der Waals surface area contributed by atoms with Crippen LogP contribution in [-0.2, 0) is 9.59 Å². The lowest BCUT2D eigenvalue weighted by molar-refractivity contribution is -0.157. The minimum absolute atomic E-state index is 0.0792. The van der Waals surface area contributed by atoms with E-state index < -0.39 is 43.2 Å². The molecule has 0 spiro atoms. The van der Waals surface area contributed by atoms with Crippen molar-refractivity contribution < 1.29 is 37.4 Å². The van der Waals surface area contributed by atoms with Gasteiger partial charge in [-0.05, 0) is 24.6 Å². The van der Waals surface area contributed by atoms with E-state index in [0.29, 0.717) is 4.90 Å². The summed E-state index contributed by atoms with van der Waals surface area (Å²) in [7, 11) is 0. The maximum atomic E-state index is 12.4. The van der Waals surface area contributed by atoms with Crippen molar-refractivity contribution in [2.24, 2.45) is 0 Å². The second-order valence-electron chi connectivity index (χ2n) is 5.40. The molecule has 1 aliphatic heterocycles. The number of halogens is 3. The van der Waals surface area contributed by atoms with Gasteiger partial charge in [0.05, 0.1) is 0 Å². The molecule has 1 aromatic carbocycles. The molecule has 1 unspecified atom stereocenters. The highest BCUT2D eigenvalue weighted by atomic mass is 19.4. The fourth-order valence-corrected chi connectivity index (χ4v) is 2.36. The van der Waals surface area contributed by atoms with Crippen molar-refractivity contribution in [3.8, 4) is 5.75 Å². The minimum atomic E-state index is -4.50. The van der Waals surface area contributed by atoms with Gasteiger partial charge in [0.25, 0.3) is 5.91 Å². The molecule has 1 atom stereocenters. The molecule has 2 rings (SSSR count). The van der Waals surface area contributed by atoms with Crippen LogP contribution in [0.3, 0.4) is 0 Å². The van der Waals surface area contributed by atoms with Crippen molar-refractivity contribution in [3.05, 3.63) is 29.8 Å². The second-order valence-corrected chi connectivity index (χ2v) is 5.40. The van der Waals surface area contributed by atoms with E-state index in [1.807, 2.05) is 0 Å². The van der Waals surface area contributed by atoms with Crippen LogP contribution in [0.15, 0.2) is 24.3 Å². The standard InChI is InChI=1S/C15H15F3N2O5/c16-15(17,18)8-20-5-4-11(14(20)24)19-13(23)9-2-1-3-10(6-9)25-7-12(21)22/h1-3,6,11H,4-5,7-8H2,(H,19,23)(H,21,22). The van der Waals surface area contributed by atoms with Crippen LogP contribution in [0.1, 0.15) is 16.8 Å². The molecule has 1 aliphatic rings. The highest BCUT2D eigenvalue weighted by Gasteiger charge is 2.39. The first kappa shape index (κ1) is 18.6. The van der Waals surface area contributed by atoms with Gasteiger partial charge in [-0.25, -0.2) is 4.79 Å². The van der Waals surface area contributed by atoms with Crippen LogP contribution in [0.5, 0.6) is 5.75 Å². The van der Waals surface area contributed by atoms with E-state index in [0.717, 1.165) is 0 Å². The largest absolute Gasteiger partial charge is 0.482 e. The van der Waals surface area contributed by atoms with Crippen molar-refractivity contribution in [3.63, 3.8) is 0 Å². The average Bonchev–Trinajstić information content (AvgIpc) is 2.84. The number of carbonyl (C=O) groups is 3. The number of likely N-dealkylation sites (tertiary alicyclic amines) is 1. The summed E-state index contributed by atoms with van der Waals surface area (Å²) in [5.74, 6) is -2.49. The van der Waals surface area contributed by atoms with Crippen molar-refractivity contribution >= 4 is 17.8 Å². The molecule has 0 aliphatic carbocycles. The van der Waals surface area contributed by atoms with E-state index >= 15 is 0 Å². The number of aliphatic carboxylic acids is 1. The first-order chi connectivity index (χ1) is 11.7. The Bertz CT molecular complexity index is 677. The predicted octanol–water partition coefficient (Wildman–Crippen LogP) is 1.04. The second kappa shape index (κ2) is 7.41. The minimum Gasteiger partial charge on any atom is -0.482 e. The number of rotatable bonds is 6. The van der Waals surface area contributed by atoms with Crippen molar-refractivity contribution in [1.29, 1.82) is 0 Å². The highest BCUT2D eigenvalue weighted by Crippen LogP contribution is 2.21. The molecular formula is C15H15F3N2O5. The van der Waals surface area contributed by atoms with Gasteiger partial charge in [0, 0.05) is 12.1 Å². The zero-order valence-electron chi connectivity index (χ0n) is 12.9. The Kier molecular flexibility index (Phi) is 5.50. The van der Waals surface area contributed by atoms with E-state index in [1.165, 1.54) is 24.3 Å². The Morgan fingerprint density at radius 2 is 2.08 bits per heavy atom. The molecule has 0 radical (unpaired) electrons. The summed E-state index contributed by atoms with van der Waals surface area (Å²) in [5, 5.41) is 10.9. The fraction of sp³-hybridized carbons (Fsp3) is 0.400. The molecular weight excluding hydrogens is 345 g/mol. The topological polar surface area (TPSA) is 95.9 Å². The number of carboxylic acids is 1. The fourth-order valence-electron chi connectivity index (χ4n) is 2.36. The smallest absolute Gasteiger partial charge is 0.406 e. The highest BCUT2D eigenvalue weighted by molar-refractivity contribution is 5.98. The number of nitrogens with zero attached hydrogens (tertiary/aromatic N) is 1. The quantitative estimate of drug-likeness (QED) is 0.790. The van der Waals surface area contributed by atoms with Gasteiger partial charge < -0.3 is 20.1 Å². The molecule has 10 heteroatoms. The summed E-state index contributed by atoms with van der Waals surface area (Å²) in [5.41, 5.74) is 0.102. The third-order valence-corrected chi connectivity index (χ3v) is 3.43. The van der Waals surface area contributed by atoms with Crippen LogP contribution in [0, 0.1) is 0 Å². The van der Waals surface area contributed by atoms with E-state index in [2.05, 4.69) is 5.32 Å². The molecule has 1 aromatic rings. The monoisotopic (exact) mass is 360 g/mol. The summed E-state index contributed by atoms with van der Waals surface area (Å²) in [4.78, 5) is 35.2. The number of nitrogens with one attached hydrogen (secondary N) is 1. The first-order valence-electron chi connectivity index (χ1n) is 7.27. The van der Waals surface area contributed by atoms with Crippen LogP contribution in [0.25, 0.3) is 0 Å². The number of carboxylic acid groups (broad SMARTS) is 1. The van der Waals surface area contributed by atoms with Gasteiger partial charge in [0.2, 0.25) is 5.91 Å². The molecule has 2 amide bonds. The summed E-state index contributed by atoms with van der Waals surface area (Å²) in [6.45, 7) is -2.03. The van der Waals surface area contributed by atoms with E-state index in [1.54, 1.807) is 0 Å². The molecule has 1 fully saturated rings. The van der Waals surface area contributed by atoms with Crippen molar-refractivity contribution in [2.45, 2.75) is 18.6 Å². The number of carbonyl (C=O) groups excluding carboxylic acids is 2. The third kappa shape index (κ3) is 5.37. The van der Waals surface area contributed by atoms with Gasteiger partial charge in [0.1, 0.15) is 18.3 Å². The number of ether oxygens (including phenoxy) is 1. The van der Waals surface area contributed by atoms with Crippen LogP contribution in [0.2, 0.25) is 0 Å². The Labute approximate surface area is 140 Å². The average molecular weight is 360 g/mol. The normalized spacial score (nSPS) is 17.5. The van der Waals surface area contributed by atoms with Crippen molar-refractivity contribution in [2.75, 3.05) is 19.7 Å². The van der Waals surface area contributed by atoms with Crippen LogP contribution in [-0.4, -0.2) is 59.7 Å². The Morgan fingerprint density at radius 1 is 1.36 bits per heavy atom. The Morgan fingerprint density at radius 3 is 2.72 bits per heavy atom. The summed E-state index contributed by atoms with van der Waals surface area (Å²) < 4.78 is 42.1. The lowest BCUT2D eigenvalue weighted by Gasteiger charge is -2.18. The van der Waals surface area contributed by atoms with Gasteiger partial charge in [-0.2, -0.15) is 13.2 Å². The molecule has 25 heavy (non-hydrogen) atoms. The van der Waals surface area contributed by atoms with Gasteiger partial charge in [0.15, 0.2) is 6.61 Å². The molecule has 2 N–H and O–H groups in total. The van der Waals surface area contributed by atoms with E-state index in [9.17, 15) is 27.6 Å². The summed E-state index contributed by atoms with van der Waals surface area (Å²) in [6, 6.07) is 4.57. The Hall–Kier alpha value is -2.78. The van der Waals surface area contributed by atoms with Crippen LogP contribution in [0.4, 0.5) is 13.2 Å². The maximum Gasteiger partial charge on any atom is 0.406 e. The van der Waals surface area contributed by atoms with E-state index in [-0.39, 0.29) is 24.3 Å². The number of hydrogen-bond donors (Lipinski definition) is 2. The predicted molar refractivity (Wildman–Crippen MR) is 78.1 cm³/mol. The SMILES string of the molecule is O=C(O)COc1cccc(C(=O)NC2CCN(CC(F)(F)F)C2=O)c1. The van der Waals surface area contributed by atoms with Crippen LogP contribution < -0.4 is 10.1 Å². The zero-order valence-corrected chi connectivity index (χ0v) is 12.9. The lowest BCUT2D eigenvalue weighted by Crippen LogP contribution is -2.43. The molecule has 1 saturated heterocycles. The lowest BCUT2D eigenvalue weighted by atomic mass is 10.1. The molecule has 0 saturated carbocycles. The summed E-state index contributed by atoms with van der Waals surface area (Å²) >= 11 is 0. The van der Waals surface area contributed by atoms with Gasteiger partial charge >= 0.3 is 12.1 Å². The number of alkyl halides is 3. The van der Waals surface area contributed by atoms with Gasteiger partial charge in [-0.3, -0.25) is 9.59 Å². The zero-order chi connectivity index (χ0) is 18.6. The number of amides is 2. The Balaban J connectivity index is 1.97. The first-order valence-corrected chi connectivity index (χ1v) is 7.27. The molecule has 0 aromatic heterocycles. The maximum absolute atomic E-state index is 12.4. The molecule has 1 heterocycles. The number of benzene rings is 1. The number of hydrogen-bond acceptors (Lipinski definition) is 4. The molecule has 136 valence electrons. The summed E-state index contributed by atoms with van der Waals surface area (Å²) in [6.07, 6.45) is -4.42.